The maximum absolute atomic E-state index is 13.1. The summed E-state index contributed by atoms with van der Waals surface area (Å²) in [5, 5.41) is 10.1. The first kappa shape index (κ1) is 14.2. The van der Waals surface area contributed by atoms with Gasteiger partial charge in [0.05, 0.1) is 6.10 Å². The van der Waals surface area contributed by atoms with Crippen LogP contribution in [-0.2, 0) is 6.42 Å². The third-order valence-electron chi connectivity index (χ3n) is 2.80. The molecule has 2 aromatic rings. The number of hydrogen-bond acceptors (Lipinski definition) is 1. The molecule has 2 aromatic carbocycles. The second-order valence-corrected chi connectivity index (χ2v) is 5.48. The number of benzene rings is 2. The highest BCUT2D eigenvalue weighted by atomic mass is 79.9. The number of aliphatic hydroxyl groups is 1. The van der Waals surface area contributed by atoms with Gasteiger partial charge >= 0.3 is 0 Å². The predicted octanol–water partition coefficient (Wildman–Crippen LogP) is 4.31. The van der Waals surface area contributed by atoms with E-state index in [0.29, 0.717) is 5.56 Å². The third kappa shape index (κ3) is 3.85. The molecule has 0 spiro atoms. The molecule has 0 fully saturated rings. The number of aryl methyl sites for hydroxylation is 1. The van der Waals surface area contributed by atoms with Crippen LogP contribution in [0.1, 0.15) is 22.8 Å². The van der Waals surface area contributed by atoms with Crippen LogP contribution in [0.15, 0.2) is 40.9 Å². The van der Waals surface area contributed by atoms with E-state index in [-0.39, 0.29) is 6.42 Å². The molecular formula is C15H13BrF2O. The van der Waals surface area contributed by atoms with Gasteiger partial charge in [-0.1, -0.05) is 22.0 Å². The fraction of sp³-hybridized carbons (Fsp3) is 0.200. The average molecular weight is 327 g/mol. The van der Waals surface area contributed by atoms with E-state index in [9.17, 15) is 13.9 Å². The van der Waals surface area contributed by atoms with Gasteiger partial charge in [0.15, 0.2) is 0 Å². The summed E-state index contributed by atoms with van der Waals surface area (Å²) in [7, 11) is 0. The summed E-state index contributed by atoms with van der Waals surface area (Å²) in [6.07, 6.45) is -0.623. The van der Waals surface area contributed by atoms with Crippen molar-refractivity contribution in [1.29, 1.82) is 0 Å². The Morgan fingerprint density at radius 3 is 2.26 bits per heavy atom. The Morgan fingerprint density at radius 2 is 1.68 bits per heavy atom. The lowest BCUT2D eigenvalue weighted by molar-refractivity contribution is 0.178. The van der Waals surface area contributed by atoms with Crippen LogP contribution in [0.3, 0.4) is 0 Å². The van der Waals surface area contributed by atoms with Crippen LogP contribution >= 0.6 is 15.9 Å². The van der Waals surface area contributed by atoms with E-state index in [4.69, 9.17) is 0 Å². The van der Waals surface area contributed by atoms with Gasteiger partial charge in [0.2, 0.25) is 0 Å². The van der Waals surface area contributed by atoms with Gasteiger partial charge < -0.3 is 5.11 Å². The summed E-state index contributed by atoms with van der Waals surface area (Å²) >= 11 is 3.36. The Balaban J connectivity index is 2.22. The van der Waals surface area contributed by atoms with E-state index < -0.39 is 17.7 Å². The Hall–Kier alpha value is -1.26. The van der Waals surface area contributed by atoms with E-state index in [2.05, 4.69) is 15.9 Å². The third-order valence-corrected chi connectivity index (χ3v) is 3.26. The van der Waals surface area contributed by atoms with E-state index in [1.165, 1.54) is 12.1 Å². The Kier molecular flexibility index (Phi) is 4.32. The van der Waals surface area contributed by atoms with E-state index in [0.717, 1.165) is 21.7 Å². The lowest BCUT2D eigenvalue weighted by atomic mass is 10.00. The zero-order valence-electron chi connectivity index (χ0n) is 10.3. The molecule has 0 aromatic heterocycles. The minimum atomic E-state index is -0.794. The van der Waals surface area contributed by atoms with Crippen molar-refractivity contribution >= 4 is 15.9 Å². The lowest BCUT2D eigenvalue weighted by Gasteiger charge is -2.13. The van der Waals surface area contributed by atoms with Gasteiger partial charge in [-0.15, -0.1) is 0 Å². The second kappa shape index (κ2) is 5.80. The van der Waals surface area contributed by atoms with Gasteiger partial charge in [0.25, 0.3) is 0 Å². The molecule has 1 N–H and O–H groups in total. The topological polar surface area (TPSA) is 20.2 Å². The molecule has 0 aliphatic carbocycles. The zero-order chi connectivity index (χ0) is 14.0. The van der Waals surface area contributed by atoms with Gasteiger partial charge in [-0.2, -0.15) is 0 Å². The monoisotopic (exact) mass is 326 g/mol. The smallest absolute Gasteiger partial charge is 0.126 e. The van der Waals surface area contributed by atoms with Crippen LogP contribution in [0, 0.1) is 18.6 Å². The van der Waals surface area contributed by atoms with Crippen molar-refractivity contribution in [2.24, 2.45) is 0 Å². The molecular weight excluding hydrogens is 314 g/mol. The van der Waals surface area contributed by atoms with Gasteiger partial charge in [-0.05, 0) is 47.9 Å². The fourth-order valence-electron chi connectivity index (χ4n) is 2.03. The van der Waals surface area contributed by atoms with Crippen LogP contribution in [0.5, 0.6) is 0 Å². The molecule has 0 amide bonds. The Bertz CT molecular complexity index is 558. The van der Waals surface area contributed by atoms with E-state index >= 15 is 0 Å². The molecule has 0 saturated carbocycles. The lowest BCUT2D eigenvalue weighted by Crippen LogP contribution is -2.03. The van der Waals surface area contributed by atoms with Crippen molar-refractivity contribution < 1.29 is 13.9 Å². The minimum absolute atomic E-state index is 0.171. The normalized spacial score (nSPS) is 12.5. The standard InChI is InChI=1S/C15H13BrF2O/c1-9-2-11(7-12(16)3-9)15(19)6-10-4-13(17)8-14(18)5-10/h2-5,7-8,15,19H,6H2,1H3. The fourth-order valence-corrected chi connectivity index (χ4v) is 2.65. The van der Waals surface area contributed by atoms with E-state index in [1.54, 1.807) is 6.07 Å². The maximum Gasteiger partial charge on any atom is 0.126 e. The molecule has 0 heterocycles. The van der Waals surface area contributed by atoms with Crippen LogP contribution in [0.2, 0.25) is 0 Å². The van der Waals surface area contributed by atoms with Crippen molar-refractivity contribution in [3.05, 3.63) is 69.2 Å². The predicted molar refractivity (Wildman–Crippen MR) is 73.9 cm³/mol. The Morgan fingerprint density at radius 1 is 1.05 bits per heavy atom. The maximum atomic E-state index is 13.1. The highest BCUT2D eigenvalue weighted by molar-refractivity contribution is 9.10. The van der Waals surface area contributed by atoms with Crippen molar-refractivity contribution in [3.63, 3.8) is 0 Å². The number of hydrogen-bond donors (Lipinski definition) is 1. The average Bonchev–Trinajstić information content (AvgIpc) is 2.25. The van der Waals surface area contributed by atoms with Crippen molar-refractivity contribution in [3.8, 4) is 0 Å². The molecule has 0 aliphatic rings. The Labute approximate surface area is 119 Å². The largest absolute Gasteiger partial charge is 0.388 e. The van der Waals surface area contributed by atoms with Gasteiger partial charge in [0.1, 0.15) is 11.6 Å². The van der Waals surface area contributed by atoms with Crippen molar-refractivity contribution in [1.82, 2.24) is 0 Å². The first-order valence-corrected chi connectivity index (χ1v) is 6.63. The van der Waals surface area contributed by atoms with Crippen LogP contribution in [0.25, 0.3) is 0 Å². The molecule has 4 heteroatoms. The first-order chi connectivity index (χ1) is 8.94. The molecule has 1 unspecified atom stereocenters. The molecule has 0 saturated heterocycles. The number of aliphatic hydroxyl groups excluding tert-OH is 1. The molecule has 2 rings (SSSR count). The van der Waals surface area contributed by atoms with Crippen molar-refractivity contribution in [2.75, 3.05) is 0 Å². The summed E-state index contributed by atoms with van der Waals surface area (Å²) in [5.74, 6) is -1.26. The summed E-state index contributed by atoms with van der Waals surface area (Å²) in [4.78, 5) is 0. The first-order valence-electron chi connectivity index (χ1n) is 5.84. The van der Waals surface area contributed by atoms with Crippen LogP contribution in [-0.4, -0.2) is 5.11 Å². The molecule has 1 nitrogen and oxygen atoms in total. The SMILES string of the molecule is Cc1cc(Br)cc(C(O)Cc2cc(F)cc(F)c2)c1. The highest BCUT2D eigenvalue weighted by Gasteiger charge is 2.11. The molecule has 0 aliphatic heterocycles. The van der Waals surface area contributed by atoms with Gasteiger partial charge in [-0.25, -0.2) is 8.78 Å². The molecule has 19 heavy (non-hydrogen) atoms. The summed E-state index contributed by atoms with van der Waals surface area (Å²) in [6.45, 7) is 1.92. The molecule has 100 valence electrons. The van der Waals surface area contributed by atoms with Gasteiger partial charge in [0, 0.05) is 17.0 Å². The molecule has 1 atom stereocenters. The van der Waals surface area contributed by atoms with Crippen molar-refractivity contribution in [2.45, 2.75) is 19.4 Å². The second-order valence-electron chi connectivity index (χ2n) is 4.56. The molecule has 0 radical (unpaired) electrons. The summed E-state index contributed by atoms with van der Waals surface area (Å²) in [5.41, 5.74) is 2.16. The quantitative estimate of drug-likeness (QED) is 0.891. The minimum Gasteiger partial charge on any atom is -0.388 e. The van der Waals surface area contributed by atoms with Crippen LogP contribution < -0.4 is 0 Å². The van der Waals surface area contributed by atoms with Crippen LogP contribution in [0.4, 0.5) is 8.78 Å². The highest BCUT2D eigenvalue weighted by Crippen LogP contribution is 2.24. The number of halogens is 3. The molecule has 0 bridgehead atoms. The van der Waals surface area contributed by atoms with Gasteiger partial charge in [-0.3, -0.25) is 0 Å². The zero-order valence-corrected chi connectivity index (χ0v) is 11.9. The summed E-state index contributed by atoms with van der Waals surface area (Å²) in [6, 6.07) is 8.86. The number of rotatable bonds is 3. The van der Waals surface area contributed by atoms with E-state index in [1.807, 2.05) is 19.1 Å². The summed E-state index contributed by atoms with van der Waals surface area (Å²) < 4.78 is 27.0.